The minimum absolute atomic E-state index is 0.235. The van der Waals surface area contributed by atoms with Crippen molar-refractivity contribution in [2.24, 2.45) is 0 Å². The number of nitrogens with two attached hydrogens (primary N) is 1. The molecule has 20 heavy (non-hydrogen) atoms. The van der Waals surface area contributed by atoms with Gasteiger partial charge in [0.15, 0.2) is 11.5 Å². The summed E-state index contributed by atoms with van der Waals surface area (Å²) >= 11 is 5.79. The summed E-state index contributed by atoms with van der Waals surface area (Å²) in [5, 5.41) is 5.14. The number of aromatic nitrogens is 4. The van der Waals surface area contributed by atoms with E-state index >= 15 is 0 Å². The van der Waals surface area contributed by atoms with E-state index in [0.717, 1.165) is 22.0 Å². The van der Waals surface area contributed by atoms with Gasteiger partial charge < -0.3 is 10.5 Å². The van der Waals surface area contributed by atoms with Crippen molar-refractivity contribution in [2.45, 2.75) is 19.4 Å². The first-order valence-electron chi connectivity index (χ1n) is 6.13. The number of rotatable bonds is 3. The number of anilines is 1. The van der Waals surface area contributed by atoms with Crippen LogP contribution in [0.25, 0.3) is 16.6 Å². The van der Waals surface area contributed by atoms with E-state index in [1.165, 1.54) is 4.52 Å². The van der Waals surface area contributed by atoms with Crippen molar-refractivity contribution in [1.29, 1.82) is 0 Å². The molecule has 0 saturated carbocycles. The van der Waals surface area contributed by atoms with Crippen LogP contribution in [0.4, 0.5) is 5.95 Å². The SMILES string of the molecule is COCc1cc(C)cc2c1nc(N)n1nc(CCl)nc21. The number of nitrogen functional groups attached to an aromatic ring is 1. The third-order valence-electron chi connectivity index (χ3n) is 3.09. The highest BCUT2D eigenvalue weighted by molar-refractivity contribution is 6.16. The Morgan fingerprint density at radius 1 is 1.35 bits per heavy atom. The molecule has 1 aromatic carbocycles. The number of ether oxygens (including phenoxy) is 1. The van der Waals surface area contributed by atoms with Gasteiger partial charge in [0.05, 0.1) is 18.0 Å². The van der Waals surface area contributed by atoms with Gasteiger partial charge in [-0.25, -0.2) is 9.97 Å². The van der Waals surface area contributed by atoms with E-state index in [1.807, 2.05) is 19.1 Å². The van der Waals surface area contributed by atoms with Crippen molar-refractivity contribution in [2.75, 3.05) is 12.8 Å². The van der Waals surface area contributed by atoms with E-state index in [-0.39, 0.29) is 11.8 Å². The van der Waals surface area contributed by atoms with Gasteiger partial charge in [-0.05, 0) is 18.6 Å². The monoisotopic (exact) mass is 291 g/mol. The van der Waals surface area contributed by atoms with E-state index < -0.39 is 0 Å². The molecule has 0 amide bonds. The molecule has 0 aliphatic carbocycles. The molecule has 7 heteroatoms. The van der Waals surface area contributed by atoms with Gasteiger partial charge in [0, 0.05) is 18.1 Å². The van der Waals surface area contributed by atoms with Crippen LogP contribution in [-0.2, 0) is 17.2 Å². The van der Waals surface area contributed by atoms with Gasteiger partial charge in [-0.2, -0.15) is 4.52 Å². The molecule has 2 heterocycles. The van der Waals surface area contributed by atoms with Crippen LogP contribution >= 0.6 is 11.6 Å². The largest absolute Gasteiger partial charge is 0.380 e. The summed E-state index contributed by atoms with van der Waals surface area (Å²) in [7, 11) is 1.65. The molecule has 0 saturated heterocycles. The topological polar surface area (TPSA) is 78.3 Å². The first kappa shape index (κ1) is 13.1. The highest BCUT2D eigenvalue weighted by Gasteiger charge is 2.14. The van der Waals surface area contributed by atoms with Crippen LogP contribution in [-0.4, -0.2) is 26.7 Å². The number of hydrogen-bond donors (Lipinski definition) is 1. The van der Waals surface area contributed by atoms with Crippen molar-refractivity contribution < 1.29 is 4.74 Å². The predicted molar refractivity (Wildman–Crippen MR) is 77.7 cm³/mol. The Kier molecular flexibility index (Phi) is 3.19. The number of hydrogen-bond acceptors (Lipinski definition) is 5. The van der Waals surface area contributed by atoms with Crippen LogP contribution < -0.4 is 5.73 Å². The average Bonchev–Trinajstić information content (AvgIpc) is 2.86. The maximum Gasteiger partial charge on any atom is 0.223 e. The summed E-state index contributed by atoms with van der Waals surface area (Å²) in [5.74, 6) is 1.05. The standard InChI is InChI=1S/C13H14ClN5O/c1-7-3-8(6-20-2)11-9(4-7)12-16-10(5-14)18-19(12)13(15)17-11/h3-4H,5-6H2,1-2H3,(H2,15,17). The lowest BCUT2D eigenvalue weighted by atomic mass is 10.1. The van der Waals surface area contributed by atoms with Crippen molar-refractivity contribution in [3.05, 3.63) is 29.1 Å². The zero-order valence-corrected chi connectivity index (χ0v) is 12.0. The number of fused-ring (bicyclic) bond motifs is 3. The molecule has 0 fully saturated rings. The molecule has 0 radical (unpaired) electrons. The maximum absolute atomic E-state index is 5.96. The minimum atomic E-state index is 0.235. The Labute approximate surface area is 120 Å². The van der Waals surface area contributed by atoms with Gasteiger partial charge in [-0.15, -0.1) is 16.7 Å². The number of nitrogens with zero attached hydrogens (tertiary/aromatic N) is 4. The number of benzene rings is 1. The summed E-state index contributed by atoms with van der Waals surface area (Å²) < 4.78 is 6.75. The average molecular weight is 292 g/mol. The van der Waals surface area contributed by atoms with Gasteiger partial charge >= 0.3 is 0 Å². The predicted octanol–water partition coefficient (Wildman–Crippen LogP) is 2.05. The van der Waals surface area contributed by atoms with Crippen molar-refractivity contribution in [3.8, 4) is 0 Å². The van der Waals surface area contributed by atoms with E-state index in [9.17, 15) is 0 Å². The van der Waals surface area contributed by atoms with E-state index in [4.69, 9.17) is 22.1 Å². The second-order valence-corrected chi connectivity index (χ2v) is 4.89. The lowest BCUT2D eigenvalue weighted by molar-refractivity contribution is 0.186. The fraction of sp³-hybridized carbons (Fsp3) is 0.308. The molecule has 104 valence electrons. The number of alkyl halides is 1. The minimum Gasteiger partial charge on any atom is -0.380 e. The molecule has 6 nitrogen and oxygen atoms in total. The first-order valence-corrected chi connectivity index (χ1v) is 6.66. The third kappa shape index (κ3) is 1.97. The molecule has 0 aliphatic heterocycles. The van der Waals surface area contributed by atoms with E-state index in [0.29, 0.717) is 18.1 Å². The number of halogens is 1. The summed E-state index contributed by atoms with van der Waals surface area (Å²) in [6, 6.07) is 4.05. The Balaban J connectivity index is 2.43. The van der Waals surface area contributed by atoms with Crippen LogP contribution in [0.15, 0.2) is 12.1 Å². The Hall–Kier alpha value is -1.92. The molecule has 0 atom stereocenters. The molecule has 0 spiro atoms. The van der Waals surface area contributed by atoms with Crippen LogP contribution in [0.3, 0.4) is 0 Å². The summed E-state index contributed by atoms with van der Waals surface area (Å²) in [5.41, 5.74) is 9.50. The molecule has 0 aliphatic rings. The zero-order chi connectivity index (χ0) is 14.3. The van der Waals surface area contributed by atoms with Crippen LogP contribution in [0.1, 0.15) is 17.0 Å². The molecule has 0 bridgehead atoms. The van der Waals surface area contributed by atoms with Crippen molar-refractivity contribution in [3.63, 3.8) is 0 Å². The normalized spacial score (nSPS) is 11.6. The highest BCUT2D eigenvalue weighted by atomic mass is 35.5. The summed E-state index contributed by atoms with van der Waals surface area (Å²) in [6.07, 6.45) is 0. The fourth-order valence-electron chi connectivity index (χ4n) is 2.33. The Bertz CT molecular complexity index is 798. The number of aryl methyl sites for hydroxylation is 1. The Morgan fingerprint density at radius 2 is 2.15 bits per heavy atom. The van der Waals surface area contributed by atoms with Crippen LogP contribution in [0, 0.1) is 6.92 Å². The fourth-order valence-corrected chi connectivity index (χ4v) is 2.44. The molecular formula is C13H14ClN5O. The maximum atomic E-state index is 5.96. The van der Waals surface area contributed by atoms with Gasteiger partial charge in [-0.3, -0.25) is 0 Å². The lowest BCUT2D eigenvalue weighted by Gasteiger charge is -2.08. The molecule has 2 aromatic heterocycles. The number of methoxy groups -OCH3 is 1. The van der Waals surface area contributed by atoms with Crippen LogP contribution in [0.2, 0.25) is 0 Å². The van der Waals surface area contributed by atoms with Crippen molar-refractivity contribution in [1.82, 2.24) is 19.6 Å². The molecule has 0 unspecified atom stereocenters. The quantitative estimate of drug-likeness (QED) is 0.747. The second kappa shape index (κ2) is 4.88. The lowest BCUT2D eigenvalue weighted by Crippen LogP contribution is -2.04. The summed E-state index contributed by atoms with van der Waals surface area (Å²) in [6.45, 7) is 2.49. The first-order chi connectivity index (χ1) is 9.63. The van der Waals surface area contributed by atoms with E-state index in [1.54, 1.807) is 7.11 Å². The summed E-state index contributed by atoms with van der Waals surface area (Å²) in [4.78, 5) is 8.85. The van der Waals surface area contributed by atoms with Crippen molar-refractivity contribution >= 4 is 34.1 Å². The highest BCUT2D eigenvalue weighted by Crippen LogP contribution is 2.25. The third-order valence-corrected chi connectivity index (χ3v) is 3.33. The smallest absolute Gasteiger partial charge is 0.223 e. The van der Waals surface area contributed by atoms with Gasteiger partial charge in [0.1, 0.15) is 0 Å². The zero-order valence-electron chi connectivity index (χ0n) is 11.2. The van der Waals surface area contributed by atoms with Gasteiger partial charge in [-0.1, -0.05) is 6.07 Å². The molecular weight excluding hydrogens is 278 g/mol. The van der Waals surface area contributed by atoms with E-state index in [2.05, 4.69) is 15.1 Å². The second-order valence-electron chi connectivity index (χ2n) is 4.62. The Morgan fingerprint density at radius 3 is 2.85 bits per heavy atom. The van der Waals surface area contributed by atoms with Gasteiger partial charge in [0.25, 0.3) is 0 Å². The molecule has 2 N–H and O–H groups in total. The van der Waals surface area contributed by atoms with Gasteiger partial charge in [0.2, 0.25) is 5.95 Å². The molecule has 3 rings (SSSR count). The molecule has 3 aromatic rings. The van der Waals surface area contributed by atoms with Crippen LogP contribution in [0.5, 0.6) is 0 Å².